The highest BCUT2D eigenvalue weighted by atomic mass is 32.1. The molecule has 0 unspecified atom stereocenters. The topological polar surface area (TPSA) is 117 Å². The summed E-state index contributed by atoms with van der Waals surface area (Å²) in [4.78, 5) is 39.0. The number of pyridine rings is 1. The van der Waals surface area contributed by atoms with E-state index in [4.69, 9.17) is 14.9 Å². The van der Waals surface area contributed by atoms with Crippen LogP contribution in [0.3, 0.4) is 0 Å². The fourth-order valence-electron chi connectivity index (χ4n) is 2.55. The molecule has 2 aromatic rings. The number of hydrogen-bond donors (Lipinski definition) is 2. The quantitative estimate of drug-likeness (QED) is 0.277. The number of ether oxygens (including phenoxy) is 1. The smallest absolute Gasteiger partial charge is 0.328 e. The number of rotatable bonds is 12. The Morgan fingerprint density at radius 1 is 1.03 bits per heavy atom. The van der Waals surface area contributed by atoms with E-state index < -0.39 is 11.9 Å². The first-order valence-corrected chi connectivity index (χ1v) is 11.1. The fourth-order valence-corrected chi connectivity index (χ4v) is 3.23. The van der Waals surface area contributed by atoms with E-state index >= 15 is 0 Å². The second-order valence-electron chi connectivity index (χ2n) is 7.19. The summed E-state index contributed by atoms with van der Waals surface area (Å²) in [5.74, 6) is -2.07. The van der Waals surface area contributed by atoms with Gasteiger partial charge in [-0.05, 0) is 64.0 Å². The van der Waals surface area contributed by atoms with Crippen LogP contribution < -0.4 is 4.74 Å². The first-order chi connectivity index (χ1) is 15.2. The summed E-state index contributed by atoms with van der Waals surface area (Å²) in [6.45, 7) is 3.64. The number of carboxylic acid groups (broad SMARTS) is 2. The van der Waals surface area contributed by atoms with Gasteiger partial charge >= 0.3 is 11.9 Å². The van der Waals surface area contributed by atoms with E-state index in [1.807, 2.05) is 36.6 Å². The highest BCUT2D eigenvalue weighted by Crippen LogP contribution is 2.23. The second kappa shape index (κ2) is 14.9. The number of aromatic nitrogens is 1. The lowest BCUT2D eigenvalue weighted by Crippen LogP contribution is -2.12. The number of carboxylic acids is 2. The molecule has 2 rings (SSSR count). The zero-order valence-electron chi connectivity index (χ0n) is 18.6. The van der Waals surface area contributed by atoms with Crippen LogP contribution in [0.25, 0.3) is 0 Å². The maximum atomic E-state index is 12.6. The van der Waals surface area contributed by atoms with Gasteiger partial charge in [0, 0.05) is 17.8 Å². The van der Waals surface area contributed by atoms with E-state index in [1.54, 1.807) is 0 Å². The Labute approximate surface area is 192 Å². The summed E-state index contributed by atoms with van der Waals surface area (Å²) in [5, 5.41) is 17.5. The summed E-state index contributed by atoms with van der Waals surface area (Å²) >= 11 is 1.44. The van der Waals surface area contributed by atoms with Gasteiger partial charge in [-0.2, -0.15) is 0 Å². The minimum atomic E-state index is -1.26. The number of aryl methyl sites for hydroxylation is 1. The van der Waals surface area contributed by atoms with Crippen molar-refractivity contribution in [2.45, 2.75) is 32.6 Å². The number of carbonyl (C=O) groups is 3. The van der Waals surface area contributed by atoms with Gasteiger partial charge < -0.3 is 19.8 Å². The van der Waals surface area contributed by atoms with Crippen LogP contribution in [-0.4, -0.2) is 65.1 Å². The van der Waals surface area contributed by atoms with Crippen LogP contribution in [-0.2, 0) is 9.59 Å². The van der Waals surface area contributed by atoms with Crippen molar-refractivity contribution in [2.75, 3.05) is 27.2 Å². The van der Waals surface area contributed by atoms with Crippen LogP contribution in [0.2, 0.25) is 0 Å². The summed E-state index contributed by atoms with van der Waals surface area (Å²) in [6.07, 6.45) is 5.63. The van der Waals surface area contributed by atoms with Crippen LogP contribution in [0.15, 0.2) is 41.8 Å². The van der Waals surface area contributed by atoms with Crippen molar-refractivity contribution in [3.8, 4) is 5.88 Å². The molecule has 0 aliphatic rings. The molecule has 0 amide bonds. The number of ketones is 1. The van der Waals surface area contributed by atoms with Crippen molar-refractivity contribution in [1.29, 1.82) is 0 Å². The van der Waals surface area contributed by atoms with Crippen molar-refractivity contribution in [3.63, 3.8) is 0 Å². The molecule has 2 heterocycles. The number of unbranched alkanes of at least 4 members (excludes halogenated alkanes) is 3. The van der Waals surface area contributed by atoms with Crippen LogP contribution >= 0.6 is 11.3 Å². The molecule has 0 aliphatic heterocycles. The largest absolute Gasteiger partial charge is 0.478 e. The molecule has 8 nitrogen and oxygen atoms in total. The Balaban J connectivity index is 0.000000547. The van der Waals surface area contributed by atoms with Crippen LogP contribution in [0.5, 0.6) is 5.88 Å². The van der Waals surface area contributed by atoms with Crippen molar-refractivity contribution in [2.24, 2.45) is 0 Å². The number of nitrogens with zero attached hydrogens (tertiary/aromatic N) is 2. The number of carbonyl (C=O) groups excluding carboxylic acids is 1. The first-order valence-electron chi connectivity index (χ1n) is 10.2. The van der Waals surface area contributed by atoms with Gasteiger partial charge in [0.15, 0.2) is 0 Å². The van der Waals surface area contributed by atoms with Gasteiger partial charge in [-0.25, -0.2) is 14.6 Å². The second-order valence-corrected chi connectivity index (χ2v) is 8.14. The predicted molar refractivity (Wildman–Crippen MR) is 124 cm³/mol. The van der Waals surface area contributed by atoms with Crippen LogP contribution in [0, 0.1) is 6.92 Å². The van der Waals surface area contributed by atoms with Gasteiger partial charge in [0.1, 0.15) is 0 Å². The lowest BCUT2D eigenvalue weighted by Gasteiger charge is -2.11. The lowest BCUT2D eigenvalue weighted by atomic mass is 10.1. The van der Waals surface area contributed by atoms with Crippen LogP contribution in [0.4, 0.5) is 0 Å². The van der Waals surface area contributed by atoms with Crippen molar-refractivity contribution >= 4 is 29.1 Å². The molecule has 2 aromatic heterocycles. The molecule has 32 heavy (non-hydrogen) atoms. The number of hydrogen-bond acceptors (Lipinski definition) is 7. The highest BCUT2D eigenvalue weighted by molar-refractivity contribution is 7.12. The lowest BCUT2D eigenvalue weighted by molar-refractivity contribution is -0.134. The molecule has 9 heteroatoms. The maximum Gasteiger partial charge on any atom is 0.328 e. The van der Waals surface area contributed by atoms with Gasteiger partial charge in [0.05, 0.1) is 17.0 Å². The van der Waals surface area contributed by atoms with E-state index in [9.17, 15) is 14.4 Å². The molecular formula is C23H30N2O6S. The van der Waals surface area contributed by atoms with E-state index in [2.05, 4.69) is 24.0 Å². The van der Waals surface area contributed by atoms with E-state index in [-0.39, 0.29) is 5.78 Å². The predicted octanol–water partition coefficient (Wildman–Crippen LogP) is 3.90. The standard InChI is InChI=1S/C19H26N2O2S.C4H4O4/c1-15-10-11-16(18(22)17-9-8-14-24-17)19(20-15)23-13-7-5-4-6-12-21(2)3;5-3(6)1-2-4(7)8/h8-11,14H,4-7,12-13H2,1-3H3;1-2H,(H,5,6)(H,7,8)/b;2-1-. The molecule has 174 valence electrons. The van der Waals surface area contributed by atoms with Gasteiger partial charge in [0.25, 0.3) is 0 Å². The molecular weight excluding hydrogens is 432 g/mol. The van der Waals surface area contributed by atoms with E-state index in [0.29, 0.717) is 35.1 Å². The Bertz CT molecular complexity index is 878. The van der Waals surface area contributed by atoms with Gasteiger partial charge in [-0.3, -0.25) is 4.79 Å². The van der Waals surface area contributed by atoms with Gasteiger partial charge in [-0.15, -0.1) is 11.3 Å². The molecule has 0 atom stereocenters. The molecule has 0 saturated carbocycles. The summed E-state index contributed by atoms with van der Waals surface area (Å²) in [5.41, 5.74) is 1.41. The fraction of sp³-hybridized carbons (Fsp3) is 0.391. The maximum absolute atomic E-state index is 12.6. The summed E-state index contributed by atoms with van der Waals surface area (Å²) in [6, 6.07) is 7.39. The Kier molecular flexibility index (Phi) is 12.5. The van der Waals surface area contributed by atoms with E-state index in [0.717, 1.165) is 25.1 Å². The zero-order valence-corrected chi connectivity index (χ0v) is 19.4. The molecule has 2 N–H and O–H groups in total. The average molecular weight is 463 g/mol. The third-order valence-corrected chi connectivity index (χ3v) is 4.96. The normalized spacial score (nSPS) is 10.6. The van der Waals surface area contributed by atoms with Crippen molar-refractivity contribution < 1.29 is 29.3 Å². The number of aliphatic carboxylic acids is 2. The molecule has 0 bridgehead atoms. The minimum Gasteiger partial charge on any atom is -0.478 e. The third-order valence-electron chi connectivity index (χ3n) is 4.10. The molecule has 0 radical (unpaired) electrons. The van der Waals surface area contributed by atoms with Crippen molar-refractivity contribution in [1.82, 2.24) is 9.88 Å². The van der Waals surface area contributed by atoms with Gasteiger partial charge in [0.2, 0.25) is 11.7 Å². The summed E-state index contributed by atoms with van der Waals surface area (Å²) in [7, 11) is 4.19. The molecule has 0 spiro atoms. The van der Waals surface area contributed by atoms with Crippen LogP contribution in [0.1, 0.15) is 46.6 Å². The minimum absolute atomic E-state index is 0.0153. The Hall–Kier alpha value is -3.04. The number of thiophene rings is 1. The molecule has 0 saturated heterocycles. The van der Waals surface area contributed by atoms with Crippen molar-refractivity contribution in [3.05, 3.63) is 57.9 Å². The zero-order chi connectivity index (χ0) is 23.9. The summed E-state index contributed by atoms with van der Waals surface area (Å²) < 4.78 is 5.83. The average Bonchev–Trinajstić information content (AvgIpc) is 3.26. The molecule has 0 aromatic carbocycles. The van der Waals surface area contributed by atoms with Gasteiger partial charge in [-0.1, -0.05) is 18.9 Å². The Morgan fingerprint density at radius 2 is 1.69 bits per heavy atom. The SMILES string of the molecule is Cc1ccc(C(=O)c2cccs2)c(OCCCCCCN(C)C)n1.O=C(O)/C=C\C(=O)O. The highest BCUT2D eigenvalue weighted by Gasteiger charge is 2.17. The molecule has 0 fully saturated rings. The first kappa shape index (κ1) is 27.0. The Morgan fingerprint density at radius 3 is 2.25 bits per heavy atom. The third kappa shape index (κ3) is 11.4. The molecule has 0 aliphatic carbocycles. The monoisotopic (exact) mass is 462 g/mol. The van der Waals surface area contributed by atoms with E-state index in [1.165, 1.54) is 24.2 Å².